The average Bonchev–Trinajstić information content (AvgIpc) is 2.26. The van der Waals surface area contributed by atoms with Crippen LogP contribution in [0.25, 0.3) is 0 Å². The standard InChI is InChI=1S/C12H8ClFINO/c13-9-5-11(16)12(6-10(9)14)17-8-3-1-2-7(15)4-8/h1-6H,16H2. The van der Waals surface area contributed by atoms with Crippen molar-refractivity contribution in [3.05, 3.63) is 50.8 Å². The highest BCUT2D eigenvalue weighted by Crippen LogP contribution is 2.32. The lowest BCUT2D eigenvalue weighted by atomic mass is 10.3. The molecule has 0 fully saturated rings. The van der Waals surface area contributed by atoms with E-state index in [9.17, 15) is 4.39 Å². The molecule has 0 aliphatic rings. The first-order chi connectivity index (χ1) is 8.06. The summed E-state index contributed by atoms with van der Waals surface area (Å²) >= 11 is 7.76. The molecule has 0 spiro atoms. The molecule has 0 aliphatic heterocycles. The van der Waals surface area contributed by atoms with Crippen molar-refractivity contribution in [2.75, 3.05) is 5.73 Å². The second kappa shape index (κ2) is 5.10. The van der Waals surface area contributed by atoms with Gasteiger partial charge in [-0.15, -0.1) is 0 Å². The van der Waals surface area contributed by atoms with Crippen LogP contribution in [-0.2, 0) is 0 Å². The van der Waals surface area contributed by atoms with E-state index in [1.165, 1.54) is 12.1 Å². The maximum absolute atomic E-state index is 13.3. The van der Waals surface area contributed by atoms with E-state index in [1.54, 1.807) is 6.07 Å². The van der Waals surface area contributed by atoms with Crippen molar-refractivity contribution >= 4 is 39.9 Å². The SMILES string of the molecule is Nc1cc(Cl)c(F)cc1Oc1cccc(I)c1. The Morgan fingerprint density at radius 3 is 2.71 bits per heavy atom. The Bertz CT molecular complexity index is 562. The van der Waals surface area contributed by atoms with Crippen LogP contribution in [0, 0.1) is 9.39 Å². The lowest BCUT2D eigenvalue weighted by molar-refractivity contribution is 0.479. The molecule has 88 valence electrons. The van der Waals surface area contributed by atoms with Crippen LogP contribution in [0.2, 0.25) is 5.02 Å². The van der Waals surface area contributed by atoms with E-state index in [1.807, 2.05) is 18.2 Å². The quantitative estimate of drug-likeness (QED) is 0.632. The summed E-state index contributed by atoms with van der Waals surface area (Å²) in [6.07, 6.45) is 0. The van der Waals surface area contributed by atoms with Crippen molar-refractivity contribution in [2.45, 2.75) is 0 Å². The topological polar surface area (TPSA) is 35.2 Å². The van der Waals surface area contributed by atoms with Gasteiger partial charge in [-0.25, -0.2) is 4.39 Å². The first kappa shape index (κ1) is 12.4. The maximum atomic E-state index is 13.3. The molecule has 5 heteroatoms. The van der Waals surface area contributed by atoms with E-state index in [0.29, 0.717) is 11.4 Å². The largest absolute Gasteiger partial charge is 0.455 e. The fourth-order valence-electron chi connectivity index (χ4n) is 1.29. The zero-order chi connectivity index (χ0) is 12.4. The monoisotopic (exact) mass is 363 g/mol. The molecule has 0 bridgehead atoms. The van der Waals surface area contributed by atoms with E-state index in [0.717, 1.165) is 3.57 Å². The lowest BCUT2D eigenvalue weighted by Gasteiger charge is -2.09. The Morgan fingerprint density at radius 2 is 2.00 bits per heavy atom. The van der Waals surface area contributed by atoms with E-state index >= 15 is 0 Å². The Morgan fingerprint density at radius 1 is 1.24 bits per heavy atom. The van der Waals surface area contributed by atoms with Gasteiger partial charge in [-0.1, -0.05) is 17.7 Å². The molecule has 0 saturated heterocycles. The molecule has 0 heterocycles. The van der Waals surface area contributed by atoms with E-state index < -0.39 is 5.82 Å². The zero-order valence-electron chi connectivity index (χ0n) is 8.58. The third kappa shape index (κ3) is 3.01. The molecule has 0 radical (unpaired) electrons. The van der Waals surface area contributed by atoms with E-state index in [4.69, 9.17) is 22.1 Å². The summed E-state index contributed by atoms with van der Waals surface area (Å²) in [5.41, 5.74) is 6.00. The highest BCUT2D eigenvalue weighted by molar-refractivity contribution is 14.1. The van der Waals surface area contributed by atoms with Gasteiger partial charge in [0.1, 0.15) is 11.6 Å². The summed E-state index contributed by atoms with van der Waals surface area (Å²) in [6.45, 7) is 0. The van der Waals surface area contributed by atoms with Crippen molar-refractivity contribution < 1.29 is 9.13 Å². The Kier molecular flexibility index (Phi) is 3.73. The number of nitrogen functional groups attached to an aromatic ring is 1. The molecule has 0 atom stereocenters. The van der Waals surface area contributed by atoms with Gasteiger partial charge in [-0.3, -0.25) is 0 Å². The van der Waals surface area contributed by atoms with Gasteiger partial charge >= 0.3 is 0 Å². The summed E-state index contributed by atoms with van der Waals surface area (Å²) in [6, 6.07) is 9.89. The molecular formula is C12H8ClFINO. The van der Waals surface area contributed by atoms with Crippen molar-refractivity contribution in [1.82, 2.24) is 0 Å². The summed E-state index contributed by atoms with van der Waals surface area (Å²) in [5, 5.41) is -0.0162. The number of rotatable bonds is 2. The number of hydrogen-bond acceptors (Lipinski definition) is 2. The predicted molar refractivity (Wildman–Crippen MR) is 75.1 cm³/mol. The van der Waals surface area contributed by atoms with E-state index in [2.05, 4.69) is 22.6 Å². The van der Waals surface area contributed by atoms with Crippen LogP contribution in [0.3, 0.4) is 0 Å². The minimum absolute atomic E-state index is 0.0162. The van der Waals surface area contributed by atoms with Crippen molar-refractivity contribution in [2.24, 2.45) is 0 Å². The molecule has 17 heavy (non-hydrogen) atoms. The molecule has 2 rings (SSSR count). The summed E-state index contributed by atoms with van der Waals surface area (Å²) in [5.74, 6) is 0.306. The van der Waals surface area contributed by atoms with Crippen LogP contribution < -0.4 is 10.5 Å². The second-order valence-electron chi connectivity index (χ2n) is 3.36. The molecule has 0 aromatic heterocycles. The van der Waals surface area contributed by atoms with Crippen LogP contribution in [-0.4, -0.2) is 0 Å². The molecule has 0 unspecified atom stereocenters. The normalized spacial score (nSPS) is 10.3. The fraction of sp³-hybridized carbons (Fsp3) is 0. The van der Waals surface area contributed by atoms with Crippen LogP contribution >= 0.6 is 34.2 Å². The minimum Gasteiger partial charge on any atom is -0.455 e. The zero-order valence-corrected chi connectivity index (χ0v) is 11.5. The molecular weight excluding hydrogens is 355 g/mol. The summed E-state index contributed by atoms with van der Waals surface area (Å²) in [7, 11) is 0. The number of hydrogen-bond donors (Lipinski definition) is 1. The smallest absolute Gasteiger partial charge is 0.153 e. The molecule has 2 nitrogen and oxygen atoms in total. The van der Waals surface area contributed by atoms with Crippen molar-refractivity contribution in [1.29, 1.82) is 0 Å². The highest BCUT2D eigenvalue weighted by Gasteiger charge is 2.08. The minimum atomic E-state index is -0.554. The third-order valence-corrected chi connectivity index (χ3v) is 3.04. The van der Waals surface area contributed by atoms with Gasteiger partial charge in [0.25, 0.3) is 0 Å². The average molecular weight is 364 g/mol. The number of benzene rings is 2. The molecule has 0 saturated carbocycles. The third-order valence-electron chi connectivity index (χ3n) is 2.08. The van der Waals surface area contributed by atoms with Crippen LogP contribution in [0.5, 0.6) is 11.5 Å². The predicted octanol–water partition coefficient (Wildman–Crippen LogP) is 4.46. The Labute approximate surface area is 117 Å². The maximum Gasteiger partial charge on any atom is 0.153 e. The van der Waals surface area contributed by atoms with Gasteiger partial charge in [0, 0.05) is 9.64 Å². The van der Waals surface area contributed by atoms with Gasteiger partial charge in [-0.2, -0.15) is 0 Å². The molecule has 2 aromatic rings. The first-order valence-corrected chi connectivity index (χ1v) is 6.20. The lowest BCUT2D eigenvalue weighted by Crippen LogP contribution is -1.94. The molecule has 0 aliphatic carbocycles. The number of nitrogens with two attached hydrogens (primary N) is 1. The molecule has 2 N–H and O–H groups in total. The Balaban J connectivity index is 2.33. The van der Waals surface area contributed by atoms with Gasteiger partial charge in [0.15, 0.2) is 5.75 Å². The Hall–Kier alpha value is -1.01. The van der Waals surface area contributed by atoms with Crippen LogP contribution in [0.4, 0.5) is 10.1 Å². The highest BCUT2D eigenvalue weighted by atomic mass is 127. The second-order valence-corrected chi connectivity index (χ2v) is 5.02. The molecule has 2 aromatic carbocycles. The number of anilines is 1. The first-order valence-electron chi connectivity index (χ1n) is 4.74. The number of halogens is 3. The van der Waals surface area contributed by atoms with Gasteiger partial charge < -0.3 is 10.5 Å². The molecule has 0 amide bonds. The van der Waals surface area contributed by atoms with Crippen molar-refractivity contribution in [3.63, 3.8) is 0 Å². The summed E-state index contributed by atoms with van der Waals surface area (Å²) < 4.78 is 19.8. The van der Waals surface area contributed by atoms with Crippen LogP contribution in [0.15, 0.2) is 36.4 Å². The fourth-order valence-corrected chi connectivity index (χ4v) is 1.98. The van der Waals surface area contributed by atoms with Gasteiger partial charge in [0.05, 0.1) is 10.7 Å². The number of ether oxygens (including phenoxy) is 1. The van der Waals surface area contributed by atoms with Crippen LogP contribution in [0.1, 0.15) is 0 Å². The van der Waals surface area contributed by atoms with E-state index in [-0.39, 0.29) is 10.8 Å². The van der Waals surface area contributed by atoms with Gasteiger partial charge in [-0.05, 0) is 46.9 Å². The van der Waals surface area contributed by atoms with Crippen molar-refractivity contribution in [3.8, 4) is 11.5 Å². The summed E-state index contributed by atoms with van der Waals surface area (Å²) in [4.78, 5) is 0. The van der Waals surface area contributed by atoms with Gasteiger partial charge in [0.2, 0.25) is 0 Å².